The number of carboxylic acid groups (broad SMARTS) is 1. The molecule has 114 valence electrons. The van der Waals surface area contributed by atoms with Crippen LogP contribution in [-0.4, -0.2) is 37.9 Å². The van der Waals surface area contributed by atoms with E-state index in [0.717, 1.165) is 5.56 Å². The SMILES string of the molecule is COc1c(Cl)cc2c(c1C1CC(C(=O)O)CN1)OCCO2. The summed E-state index contributed by atoms with van der Waals surface area (Å²) in [7, 11) is 1.53. The molecule has 0 radical (unpaired) electrons. The summed E-state index contributed by atoms with van der Waals surface area (Å²) in [6, 6.07) is 1.48. The highest BCUT2D eigenvalue weighted by atomic mass is 35.5. The van der Waals surface area contributed by atoms with Crippen molar-refractivity contribution in [3.8, 4) is 17.2 Å². The van der Waals surface area contributed by atoms with Gasteiger partial charge in [-0.25, -0.2) is 0 Å². The second-order valence-corrected chi connectivity index (χ2v) is 5.47. The Balaban J connectivity index is 2.04. The van der Waals surface area contributed by atoms with E-state index in [1.54, 1.807) is 6.07 Å². The number of nitrogens with one attached hydrogen (secondary N) is 1. The molecule has 1 aromatic carbocycles. The smallest absolute Gasteiger partial charge is 0.307 e. The summed E-state index contributed by atoms with van der Waals surface area (Å²) in [6.07, 6.45) is 0.460. The molecule has 0 amide bonds. The van der Waals surface area contributed by atoms with Crippen LogP contribution in [-0.2, 0) is 4.79 Å². The lowest BCUT2D eigenvalue weighted by Crippen LogP contribution is -2.21. The lowest BCUT2D eigenvalue weighted by atomic mass is 9.98. The Hall–Kier alpha value is -1.66. The second kappa shape index (κ2) is 5.61. The van der Waals surface area contributed by atoms with E-state index < -0.39 is 11.9 Å². The number of carboxylic acids is 1. The second-order valence-electron chi connectivity index (χ2n) is 5.06. The van der Waals surface area contributed by atoms with E-state index in [9.17, 15) is 4.79 Å². The van der Waals surface area contributed by atoms with Crippen molar-refractivity contribution in [1.29, 1.82) is 0 Å². The number of ether oxygens (including phenoxy) is 3. The van der Waals surface area contributed by atoms with Gasteiger partial charge in [0, 0.05) is 18.7 Å². The molecular weight excluding hydrogens is 298 g/mol. The Morgan fingerprint density at radius 3 is 2.90 bits per heavy atom. The van der Waals surface area contributed by atoms with Crippen LogP contribution in [0.5, 0.6) is 17.2 Å². The molecule has 0 spiro atoms. The van der Waals surface area contributed by atoms with Crippen LogP contribution in [0, 0.1) is 5.92 Å². The molecule has 3 rings (SSSR count). The molecule has 2 atom stereocenters. The van der Waals surface area contributed by atoms with Gasteiger partial charge in [0.25, 0.3) is 0 Å². The van der Waals surface area contributed by atoms with Gasteiger partial charge in [0.2, 0.25) is 0 Å². The van der Waals surface area contributed by atoms with Crippen LogP contribution < -0.4 is 19.5 Å². The van der Waals surface area contributed by atoms with E-state index in [2.05, 4.69) is 5.32 Å². The van der Waals surface area contributed by atoms with Gasteiger partial charge in [-0.1, -0.05) is 11.6 Å². The maximum atomic E-state index is 11.1. The fraction of sp³-hybridized carbons (Fsp3) is 0.500. The predicted octanol–water partition coefficient (Wildman–Crippen LogP) is 1.85. The van der Waals surface area contributed by atoms with E-state index in [-0.39, 0.29) is 6.04 Å². The number of carbonyl (C=O) groups is 1. The van der Waals surface area contributed by atoms with Crippen molar-refractivity contribution in [2.45, 2.75) is 12.5 Å². The van der Waals surface area contributed by atoms with Gasteiger partial charge in [-0.2, -0.15) is 0 Å². The minimum Gasteiger partial charge on any atom is -0.495 e. The molecule has 0 aliphatic carbocycles. The molecule has 2 unspecified atom stereocenters. The lowest BCUT2D eigenvalue weighted by molar-refractivity contribution is -0.141. The zero-order chi connectivity index (χ0) is 15.0. The summed E-state index contributed by atoms with van der Waals surface area (Å²) >= 11 is 6.24. The third-order valence-corrected chi connectivity index (χ3v) is 4.09. The van der Waals surface area contributed by atoms with E-state index >= 15 is 0 Å². The van der Waals surface area contributed by atoms with Gasteiger partial charge < -0.3 is 24.6 Å². The first-order valence-electron chi connectivity index (χ1n) is 6.74. The Bertz CT molecular complexity index is 577. The molecule has 0 aromatic heterocycles. The Kier molecular flexibility index (Phi) is 3.82. The van der Waals surface area contributed by atoms with E-state index in [1.165, 1.54) is 7.11 Å². The van der Waals surface area contributed by atoms with Gasteiger partial charge in [-0.05, 0) is 6.42 Å². The highest BCUT2D eigenvalue weighted by Crippen LogP contribution is 2.49. The fourth-order valence-corrected chi connectivity index (χ4v) is 3.11. The van der Waals surface area contributed by atoms with Gasteiger partial charge in [0.1, 0.15) is 19.0 Å². The van der Waals surface area contributed by atoms with Crippen LogP contribution in [0.4, 0.5) is 0 Å². The third kappa shape index (κ3) is 2.49. The Labute approximate surface area is 126 Å². The van der Waals surface area contributed by atoms with Gasteiger partial charge in [0.15, 0.2) is 11.5 Å². The largest absolute Gasteiger partial charge is 0.495 e. The average Bonchev–Trinajstić information content (AvgIpc) is 2.95. The molecule has 21 heavy (non-hydrogen) atoms. The molecule has 2 aliphatic rings. The quantitative estimate of drug-likeness (QED) is 0.887. The molecular formula is C14H16ClNO5. The number of benzene rings is 1. The molecule has 1 fully saturated rings. The number of methoxy groups -OCH3 is 1. The maximum Gasteiger partial charge on any atom is 0.307 e. The predicted molar refractivity (Wildman–Crippen MR) is 75.5 cm³/mol. The van der Waals surface area contributed by atoms with Crippen molar-refractivity contribution in [1.82, 2.24) is 5.32 Å². The molecule has 2 heterocycles. The van der Waals surface area contributed by atoms with Crippen molar-refractivity contribution >= 4 is 17.6 Å². The van der Waals surface area contributed by atoms with E-state index in [0.29, 0.717) is 48.5 Å². The molecule has 6 nitrogen and oxygen atoms in total. The molecule has 0 bridgehead atoms. The maximum absolute atomic E-state index is 11.1. The molecule has 0 saturated carbocycles. The minimum absolute atomic E-state index is 0.185. The lowest BCUT2D eigenvalue weighted by Gasteiger charge is -2.26. The zero-order valence-corrected chi connectivity index (χ0v) is 12.3. The van der Waals surface area contributed by atoms with Crippen LogP contribution in [0.1, 0.15) is 18.0 Å². The van der Waals surface area contributed by atoms with Crippen molar-refractivity contribution in [3.63, 3.8) is 0 Å². The number of rotatable bonds is 3. The van der Waals surface area contributed by atoms with Crippen LogP contribution in [0.3, 0.4) is 0 Å². The number of hydrogen-bond donors (Lipinski definition) is 2. The van der Waals surface area contributed by atoms with E-state index in [1.807, 2.05) is 0 Å². The minimum atomic E-state index is -0.808. The molecule has 2 N–H and O–H groups in total. The zero-order valence-electron chi connectivity index (χ0n) is 11.5. The summed E-state index contributed by atoms with van der Waals surface area (Å²) in [5.41, 5.74) is 0.739. The number of aliphatic carboxylic acids is 1. The molecule has 2 aliphatic heterocycles. The summed E-state index contributed by atoms with van der Waals surface area (Å²) in [6.45, 7) is 1.32. The number of hydrogen-bond acceptors (Lipinski definition) is 5. The summed E-state index contributed by atoms with van der Waals surface area (Å²) < 4.78 is 16.7. The van der Waals surface area contributed by atoms with E-state index in [4.69, 9.17) is 30.9 Å². The standard InChI is InChI=1S/C14H16ClNO5/c1-19-12-8(15)5-10-13(21-3-2-20-10)11(12)9-4-7(6-16-9)14(17)18/h5,7,9,16H,2-4,6H2,1H3,(H,17,18). The molecule has 1 saturated heterocycles. The summed E-state index contributed by atoms with van der Waals surface area (Å²) in [5.74, 6) is 0.425. The van der Waals surface area contributed by atoms with Crippen LogP contribution in [0.25, 0.3) is 0 Å². The van der Waals surface area contributed by atoms with Crippen LogP contribution >= 0.6 is 11.6 Å². The first-order chi connectivity index (χ1) is 10.1. The molecule has 1 aromatic rings. The van der Waals surface area contributed by atoms with Gasteiger partial charge >= 0.3 is 5.97 Å². The van der Waals surface area contributed by atoms with Crippen LogP contribution in [0.15, 0.2) is 6.07 Å². The first kappa shape index (κ1) is 14.3. The van der Waals surface area contributed by atoms with Crippen LogP contribution in [0.2, 0.25) is 5.02 Å². The third-order valence-electron chi connectivity index (χ3n) is 3.81. The molecule has 7 heteroatoms. The topological polar surface area (TPSA) is 77.0 Å². The highest BCUT2D eigenvalue weighted by Gasteiger charge is 2.36. The number of halogens is 1. The Morgan fingerprint density at radius 1 is 1.48 bits per heavy atom. The van der Waals surface area contributed by atoms with Crippen molar-refractivity contribution in [2.24, 2.45) is 5.92 Å². The van der Waals surface area contributed by atoms with Crippen molar-refractivity contribution in [3.05, 3.63) is 16.7 Å². The highest BCUT2D eigenvalue weighted by molar-refractivity contribution is 6.32. The first-order valence-corrected chi connectivity index (χ1v) is 7.11. The monoisotopic (exact) mass is 313 g/mol. The van der Waals surface area contributed by atoms with Crippen molar-refractivity contribution in [2.75, 3.05) is 26.9 Å². The summed E-state index contributed by atoms with van der Waals surface area (Å²) in [4.78, 5) is 11.1. The average molecular weight is 314 g/mol. The van der Waals surface area contributed by atoms with Gasteiger partial charge in [-0.3, -0.25) is 4.79 Å². The van der Waals surface area contributed by atoms with Gasteiger partial charge in [-0.15, -0.1) is 0 Å². The Morgan fingerprint density at radius 2 is 2.24 bits per heavy atom. The normalized spacial score (nSPS) is 23.9. The van der Waals surface area contributed by atoms with Crippen molar-refractivity contribution < 1.29 is 24.1 Å². The van der Waals surface area contributed by atoms with Gasteiger partial charge in [0.05, 0.1) is 23.6 Å². The number of fused-ring (bicyclic) bond motifs is 1. The summed E-state index contributed by atoms with van der Waals surface area (Å²) in [5, 5.41) is 12.8. The fourth-order valence-electron chi connectivity index (χ4n) is 2.83.